The molecule has 0 aromatic heterocycles. The molecule has 27 heavy (non-hydrogen) atoms. The Labute approximate surface area is 164 Å². The molecule has 0 aromatic rings. The second kappa shape index (κ2) is 12.7. The van der Waals surface area contributed by atoms with Gasteiger partial charge >= 0.3 is 0 Å². The van der Waals surface area contributed by atoms with E-state index in [1.807, 2.05) is 6.08 Å². The zero-order valence-electron chi connectivity index (χ0n) is 17.6. The summed E-state index contributed by atoms with van der Waals surface area (Å²) >= 11 is 0. The highest BCUT2D eigenvalue weighted by atomic mass is 16.7. The lowest BCUT2D eigenvalue weighted by molar-refractivity contribution is -0.115. The molecule has 0 saturated carbocycles. The topological polar surface area (TPSA) is 55.8 Å². The lowest BCUT2D eigenvalue weighted by Crippen LogP contribution is -2.26. The molecule has 152 valence electrons. The van der Waals surface area contributed by atoms with Crippen molar-refractivity contribution < 1.29 is 19.4 Å². The van der Waals surface area contributed by atoms with Crippen molar-refractivity contribution >= 4 is 5.78 Å². The van der Waals surface area contributed by atoms with Crippen LogP contribution in [0.5, 0.6) is 0 Å². The third-order valence-electron chi connectivity index (χ3n) is 4.68. The zero-order chi connectivity index (χ0) is 20.2. The maximum absolute atomic E-state index is 12.5. The highest BCUT2D eigenvalue weighted by Gasteiger charge is 2.29. The summed E-state index contributed by atoms with van der Waals surface area (Å²) in [5, 5.41) is 10.5. The fourth-order valence-electron chi connectivity index (χ4n) is 3.03. The number of carbonyl (C=O) groups is 1. The second-order valence-electron chi connectivity index (χ2n) is 7.42. The molecule has 4 heteroatoms. The summed E-state index contributed by atoms with van der Waals surface area (Å²) in [7, 11) is 1.57. The Kier molecular flexibility index (Phi) is 11.0. The first-order chi connectivity index (χ1) is 12.9. The number of hydrogen-bond acceptors (Lipinski definition) is 4. The molecule has 4 nitrogen and oxygen atoms in total. The van der Waals surface area contributed by atoms with Crippen LogP contribution in [0.4, 0.5) is 0 Å². The molecule has 0 saturated heterocycles. The van der Waals surface area contributed by atoms with Crippen LogP contribution in [0.15, 0.2) is 46.3 Å². The van der Waals surface area contributed by atoms with Gasteiger partial charge < -0.3 is 14.6 Å². The van der Waals surface area contributed by atoms with E-state index in [4.69, 9.17) is 9.47 Å². The van der Waals surface area contributed by atoms with Gasteiger partial charge in [-0.05, 0) is 59.0 Å². The van der Waals surface area contributed by atoms with Gasteiger partial charge in [0.2, 0.25) is 5.78 Å². The lowest BCUT2D eigenvalue weighted by Gasteiger charge is -2.24. The Morgan fingerprint density at radius 1 is 1.22 bits per heavy atom. The van der Waals surface area contributed by atoms with Crippen molar-refractivity contribution in [1.29, 1.82) is 0 Å². The van der Waals surface area contributed by atoms with Gasteiger partial charge in [0.15, 0.2) is 5.76 Å². The van der Waals surface area contributed by atoms with Crippen LogP contribution >= 0.6 is 0 Å². The first-order valence-corrected chi connectivity index (χ1v) is 9.97. The van der Waals surface area contributed by atoms with E-state index in [1.165, 1.54) is 11.1 Å². The van der Waals surface area contributed by atoms with Crippen LogP contribution in [0.2, 0.25) is 0 Å². The smallest absolute Gasteiger partial charge is 0.223 e. The number of ether oxygens (including phenoxy) is 2. The fraction of sp³-hybridized carbons (Fsp3) is 0.609. The number of aliphatic hydroxyl groups excluding tert-OH is 1. The highest BCUT2D eigenvalue weighted by Crippen LogP contribution is 2.29. The van der Waals surface area contributed by atoms with Crippen molar-refractivity contribution in [1.82, 2.24) is 0 Å². The number of unbranched alkanes of at least 4 members (excludes halogenated alkanes) is 2. The Bertz CT molecular complexity index is 604. The van der Waals surface area contributed by atoms with Crippen LogP contribution in [0, 0.1) is 0 Å². The molecule has 0 aromatic carbocycles. The Morgan fingerprint density at radius 2 is 1.96 bits per heavy atom. The number of ketones is 1. The molecule has 1 aliphatic carbocycles. The average Bonchev–Trinajstić information content (AvgIpc) is 2.62. The molecule has 1 atom stereocenters. The highest BCUT2D eigenvalue weighted by molar-refractivity contribution is 6.08. The maximum atomic E-state index is 12.5. The lowest BCUT2D eigenvalue weighted by atomic mass is 9.89. The SMILES string of the molecule is CCCCCC1=CC(OCOC)C(C/C=C(\C)CCC=C(C)C)=C(O)C1=O. The summed E-state index contributed by atoms with van der Waals surface area (Å²) in [4.78, 5) is 12.5. The minimum Gasteiger partial charge on any atom is -0.504 e. The van der Waals surface area contributed by atoms with Crippen molar-refractivity contribution in [2.45, 2.75) is 78.7 Å². The average molecular weight is 377 g/mol. The van der Waals surface area contributed by atoms with E-state index in [0.717, 1.165) is 32.1 Å². The molecule has 1 unspecified atom stereocenters. The molecule has 0 amide bonds. The summed E-state index contributed by atoms with van der Waals surface area (Å²) in [5.74, 6) is -0.410. The van der Waals surface area contributed by atoms with Crippen molar-refractivity contribution in [2.24, 2.45) is 0 Å². The molecule has 0 fully saturated rings. The summed E-state index contributed by atoms with van der Waals surface area (Å²) in [6, 6.07) is 0. The van der Waals surface area contributed by atoms with E-state index in [1.54, 1.807) is 7.11 Å². The molecular weight excluding hydrogens is 340 g/mol. The normalized spacial score (nSPS) is 18.0. The standard InChI is InChI=1S/C23H36O4/c1-6-7-8-12-19-15-21(27-16-26-5)20(23(25)22(19)24)14-13-18(4)11-9-10-17(2)3/h10,13,15,21,25H,6-9,11-12,14,16H2,1-5H3/b18-13+. The number of carbonyl (C=O) groups excluding carboxylic acids is 1. The summed E-state index contributed by atoms with van der Waals surface area (Å²) in [6.45, 7) is 8.52. The number of aliphatic hydroxyl groups is 1. The van der Waals surface area contributed by atoms with Gasteiger partial charge in [-0.25, -0.2) is 0 Å². The predicted molar refractivity (Wildman–Crippen MR) is 111 cm³/mol. The number of Topliss-reactive ketones (excluding diaryl/α,β-unsaturated/α-hetero) is 1. The van der Waals surface area contributed by atoms with E-state index in [0.29, 0.717) is 24.0 Å². The second-order valence-corrected chi connectivity index (χ2v) is 7.42. The van der Waals surface area contributed by atoms with Crippen LogP contribution in [0.3, 0.4) is 0 Å². The summed E-state index contributed by atoms with van der Waals surface area (Å²) in [6.07, 6.45) is 12.0. The molecule has 1 rings (SSSR count). The van der Waals surface area contributed by atoms with Gasteiger partial charge in [-0.2, -0.15) is 0 Å². The molecule has 0 radical (unpaired) electrons. The predicted octanol–water partition coefficient (Wildman–Crippen LogP) is 5.96. The van der Waals surface area contributed by atoms with E-state index in [-0.39, 0.29) is 18.3 Å². The van der Waals surface area contributed by atoms with Crippen LogP contribution in [0.1, 0.15) is 72.6 Å². The quantitative estimate of drug-likeness (QED) is 0.259. The van der Waals surface area contributed by atoms with E-state index in [2.05, 4.69) is 39.8 Å². The maximum Gasteiger partial charge on any atom is 0.223 e. The molecular formula is C23H36O4. The molecule has 0 heterocycles. The molecule has 1 aliphatic rings. The third-order valence-corrected chi connectivity index (χ3v) is 4.68. The van der Waals surface area contributed by atoms with E-state index in [9.17, 15) is 9.90 Å². The number of methoxy groups -OCH3 is 1. The van der Waals surface area contributed by atoms with E-state index >= 15 is 0 Å². The van der Waals surface area contributed by atoms with Crippen molar-refractivity contribution in [2.75, 3.05) is 13.9 Å². The van der Waals surface area contributed by atoms with Crippen LogP contribution in [-0.2, 0) is 14.3 Å². The van der Waals surface area contributed by atoms with Crippen molar-refractivity contribution in [3.63, 3.8) is 0 Å². The van der Waals surface area contributed by atoms with Crippen LogP contribution in [0.25, 0.3) is 0 Å². The first-order valence-electron chi connectivity index (χ1n) is 9.97. The first kappa shape index (κ1) is 23.4. The van der Waals surface area contributed by atoms with Gasteiger partial charge in [-0.1, -0.05) is 43.1 Å². The summed E-state index contributed by atoms with van der Waals surface area (Å²) < 4.78 is 10.8. The minimum absolute atomic E-state index is 0.123. The zero-order valence-corrected chi connectivity index (χ0v) is 17.6. The van der Waals surface area contributed by atoms with Gasteiger partial charge in [0.05, 0.1) is 0 Å². The van der Waals surface area contributed by atoms with Gasteiger partial charge in [-0.15, -0.1) is 0 Å². The van der Waals surface area contributed by atoms with Crippen LogP contribution < -0.4 is 0 Å². The minimum atomic E-state index is -0.416. The Hall–Kier alpha value is -1.65. The van der Waals surface area contributed by atoms with Gasteiger partial charge in [0.1, 0.15) is 12.9 Å². The Balaban J connectivity index is 2.87. The Morgan fingerprint density at radius 3 is 2.59 bits per heavy atom. The number of hydrogen-bond donors (Lipinski definition) is 1. The fourth-order valence-corrected chi connectivity index (χ4v) is 3.03. The van der Waals surface area contributed by atoms with Gasteiger partial charge in [-0.3, -0.25) is 4.79 Å². The van der Waals surface area contributed by atoms with Crippen molar-refractivity contribution in [3.05, 3.63) is 46.3 Å². The largest absolute Gasteiger partial charge is 0.504 e. The van der Waals surface area contributed by atoms with Gasteiger partial charge in [0, 0.05) is 18.3 Å². The molecule has 0 spiro atoms. The van der Waals surface area contributed by atoms with E-state index < -0.39 is 6.10 Å². The van der Waals surface area contributed by atoms with Gasteiger partial charge in [0.25, 0.3) is 0 Å². The monoisotopic (exact) mass is 376 g/mol. The molecule has 0 aliphatic heterocycles. The number of allylic oxidation sites excluding steroid dienone is 5. The summed E-state index contributed by atoms with van der Waals surface area (Å²) in [5.41, 5.74) is 3.83. The third kappa shape index (κ3) is 8.27. The number of rotatable bonds is 12. The van der Waals surface area contributed by atoms with Crippen LogP contribution in [-0.4, -0.2) is 30.9 Å². The van der Waals surface area contributed by atoms with Crippen molar-refractivity contribution in [3.8, 4) is 0 Å². The molecule has 0 bridgehead atoms. The molecule has 1 N–H and O–H groups in total.